The second kappa shape index (κ2) is 4.49. The lowest BCUT2D eigenvalue weighted by atomic mass is 9.79. The molecular weight excluding hydrogens is 194 g/mol. The maximum Gasteiger partial charge on any atom is 0.306 e. The molecule has 0 aromatic heterocycles. The molecule has 2 aliphatic rings. The first-order valence-electron chi connectivity index (χ1n) is 5.80. The van der Waals surface area contributed by atoms with Crippen molar-refractivity contribution in [1.82, 2.24) is 4.90 Å². The van der Waals surface area contributed by atoms with E-state index < -0.39 is 5.97 Å². The van der Waals surface area contributed by atoms with Crippen LogP contribution in [-0.4, -0.2) is 46.8 Å². The highest BCUT2D eigenvalue weighted by Gasteiger charge is 2.40. The van der Waals surface area contributed by atoms with Crippen molar-refractivity contribution in [2.24, 2.45) is 11.8 Å². The molecule has 4 nitrogen and oxygen atoms in total. The van der Waals surface area contributed by atoms with Crippen LogP contribution in [0, 0.1) is 11.8 Å². The Balaban J connectivity index is 1.97. The number of β-amino-alcohol motifs (C(OH)–C–C–N with tert-alkyl or cyclic N) is 1. The molecule has 1 heterocycles. The summed E-state index contributed by atoms with van der Waals surface area (Å²) in [6.45, 7) is 1.91. The second-order valence-corrected chi connectivity index (χ2v) is 4.72. The third-order valence-corrected chi connectivity index (χ3v) is 3.95. The highest BCUT2D eigenvalue weighted by atomic mass is 16.4. The second-order valence-electron chi connectivity index (χ2n) is 4.72. The molecule has 4 heteroatoms. The van der Waals surface area contributed by atoms with E-state index in [9.17, 15) is 4.79 Å². The van der Waals surface area contributed by atoms with Gasteiger partial charge in [-0.1, -0.05) is 0 Å². The summed E-state index contributed by atoms with van der Waals surface area (Å²) in [5, 5.41) is 17.9. The minimum absolute atomic E-state index is 0.162. The zero-order valence-electron chi connectivity index (χ0n) is 8.93. The van der Waals surface area contributed by atoms with Gasteiger partial charge >= 0.3 is 5.97 Å². The molecule has 3 atom stereocenters. The van der Waals surface area contributed by atoms with E-state index in [2.05, 4.69) is 4.90 Å². The van der Waals surface area contributed by atoms with Crippen molar-refractivity contribution in [3.63, 3.8) is 0 Å². The lowest BCUT2D eigenvalue weighted by Gasteiger charge is -2.34. The molecule has 0 bridgehead atoms. The average molecular weight is 213 g/mol. The van der Waals surface area contributed by atoms with Crippen LogP contribution in [0.15, 0.2) is 0 Å². The maximum absolute atomic E-state index is 10.9. The first-order valence-corrected chi connectivity index (χ1v) is 5.80. The van der Waals surface area contributed by atoms with Crippen LogP contribution >= 0.6 is 0 Å². The van der Waals surface area contributed by atoms with E-state index in [1.54, 1.807) is 0 Å². The fraction of sp³-hybridized carbons (Fsp3) is 0.909. The van der Waals surface area contributed by atoms with Gasteiger partial charge in [-0.05, 0) is 38.1 Å². The maximum atomic E-state index is 10.9. The Kier molecular flexibility index (Phi) is 3.26. The minimum Gasteiger partial charge on any atom is -0.481 e. The monoisotopic (exact) mass is 213 g/mol. The predicted octanol–water partition coefficient (Wildman–Crippen LogP) is 0.554. The van der Waals surface area contributed by atoms with Gasteiger partial charge in [0, 0.05) is 12.6 Å². The summed E-state index contributed by atoms with van der Waals surface area (Å²) >= 11 is 0. The quantitative estimate of drug-likeness (QED) is 0.719. The zero-order valence-corrected chi connectivity index (χ0v) is 8.93. The fourth-order valence-corrected chi connectivity index (χ4v) is 3.12. The molecule has 0 radical (unpaired) electrons. The van der Waals surface area contributed by atoms with Gasteiger partial charge in [-0.2, -0.15) is 0 Å². The summed E-state index contributed by atoms with van der Waals surface area (Å²) in [5.74, 6) is -0.137. The van der Waals surface area contributed by atoms with E-state index in [0.29, 0.717) is 18.5 Å². The molecule has 3 unspecified atom stereocenters. The SMILES string of the molecule is O=C(O)C1CCC2CCN(CCO)C2C1. The topological polar surface area (TPSA) is 60.8 Å². The molecule has 0 spiro atoms. The summed E-state index contributed by atoms with van der Waals surface area (Å²) < 4.78 is 0. The van der Waals surface area contributed by atoms with Crippen LogP contribution in [0.5, 0.6) is 0 Å². The normalized spacial score (nSPS) is 36.5. The Bertz CT molecular complexity index is 244. The Morgan fingerprint density at radius 3 is 2.80 bits per heavy atom. The zero-order chi connectivity index (χ0) is 10.8. The number of aliphatic carboxylic acids is 1. The van der Waals surface area contributed by atoms with Gasteiger partial charge < -0.3 is 10.2 Å². The Labute approximate surface area is 89.9 Å². The van der Waals surface area contributed by atoms with E-state index in [4.69, 9.17) is 10.2 Å². The molecule has 0 amide bonds. The van der Waals surface area contributed by atoms with Crippen LogP contribution in [0.4, 0.5) is 0 Å². The first-order chi connectivity index (χ1) is 7.22. The molecular formula is C11H19NO3. The standard InChI is InChI=1S/C11H19NO3/c13-6-5-12-4-3-8-1-2-9(11(14)15)7-10(8)12/h8-10,13H,1-7H2,(H,14,15). The summed E-state index contributed by atoms with van der Waals surface area (Å²) in [6, 6.07) is 0.409. The van der Waals surface area contributed by atoms with Crippen molar-refractivity contribution < 1.29 is 15.0 Å². The highest BCUT2D eigenvalue weighted by molar-refractivity contribution is 5.70. The van der Waals surface area contributed by atoms with E-state index in [0.717, 1.165) is 25.8 Å². The summed E-state index contributed by atoms with van der Waals surface area (Å²) in [6.07, 6.45) is 3.84. The first kappa shape index (κ1) is 10.9. The number of hydrogen-bond acceptors (Lipinski definition) is 3. The van der Waals surface area contributed by atoms with E-state index >= 15 is 0 Å². The number of carboxylic acid groups (broad SMARTS) is 1. The van der Waals surface area contributed by atoms with Crippen LogP contribution in [0.25, 0.3) is 0 Å². The number of nitrogens with zero attached hydrogens (tertiary/aromatic N) is 1. The highest BCUT2D eigenvalue weighted by Crippen LogP contribution is 2.38. The predicted molar refractivity (Wildman–Crippen MR) is 55.5 cm³/mol. The van der Waals surface area contributed by atoms with Gasteiger partial charge in [-0.15, -0.1) is 0 Å². The molecule has 2 fully saturated rings. The van der Waals surface area contributed by atoms with Crippen LogP contribution in [-0.2, 0) is 4.79 Å². The molecule has 15 heavy (non-hydrogen) atoms. The fourth-order valence-electron chi connectivity index (χ4n) is 3.12. The lowest BCUT2D eigenvalue weighted by molar-refractivity contribution is -0.143. The van der Waals surface area contributed by atoms with Crippen LogP contribution in [0.2, 0.25) is 0 Å². The number of fused-ring (bicyclic) bond motifs is 1. The van der Waals surface area contributed by atoms with Crippen molar-refractivity contribution in [2.75, 3.05) is 19.7 Å². The number of carbonyl (C=O) groups is 1. The van der Waals surface area contributed by atoms with E-state index in [1.165, 1.54) is 6.42 Å². The Hall–Kier alpha value is -0.610. The summed E-state index contributed by atoms with van der Waals surface area (Å²) in [5.41, 5.74) is 0. The molecule has 1 aliphatic carbocycles. The van der Waals surface area contributed by atoms with Gasteiger partial charge in [-0.3, -0.25) is 9.69 Å². The molecule has 86 valence electrons. The number of aliphatic hydroxyl groups is 1. The van der Waals surface area contributed by atoms with Gasteiger partial charge in [0.25, 0.3) is 0 Å². The number of likely N-dealkylation sites (tertiary alicyclic amines) is 1. The number of carboxylic acids is 1. The number of rotatable bonds is 3. The summed E-state index contributed by atoms with van der Waals surface area (Å²) in [7, 11) is 0. The van der Waals surface area contributed by atoms with Gasteiger partial charge in [0.15, 0.2) is 0 Å². The summed E-state index contributed by atoms with van der Waals surface area (Å²) in [4.78, 5) is 13.2. The minimum atomic E-state index is -0.649. The van der Waals surface area contributed by atoms with Crippen LogP contribution in [0.1, 0.15) is 25.7 Å². The smallest absolute Gasteiger partial charge is 0.306 e. The number of hydrogen-bond donors (Lipinski definition) is 2. The van der Waals surface area contributed by atoms with Gasteiger partial charge in [0.1, 0.15) is 0 Å². The van der Waals surface area contributed by atoms with Crippen LogP contribution < -0.4 is 0 Å². The molecule has 1 saturated heterocycles. The van der Waals surface area contributed by atoms with Crippen molar-refractivity contribution in [3.8, 4) is 0 Å². The van der Waals surface area contributed by atoms with Crippen molar-refractivity contribution in [3.05, 3.63) is 0 Å². The molecule has 1 aliphatic heterocycles. The average Bonchev–Trinajstić information content (AvgIpc) is 2.61. The van der Waals surface area contributed by atoms with Gasteiger partial charge in [0.2, 0.25) is 0 Å². The molecule has 2 N–H and O–H groups in total. The Morgan fingerprint density at radius 2 is 2.13 bits per heavy atom. The van der Waals surface area contributed by atoms with Crippen molar-refractivity contribution in [2.45, 2.75) is 31.7 Å². The largest absolute Gasteiger partial charge is 0.481 e. The Morgan fingerprint density at radius 1 is 1.33 bits per heavy atom. The molecule has 1 saturated carbocycles. The molecule has 0 aromatic rings. The lowest BCUT2D eigenvalue weighted by Crippen LogP contribution is -2.40. The van der Waals surface area contributed by atoms with Gasteiger partial charge in [-0.25, -0.2) is 0 Å². The van der Waals surface area contributed by atoms with Gasteiger partial charge in [0.05, 0.1) is 12.5 Å². The van der Waals surface area contributed by atoms with Crippen molar-refractivity contribution >= 4 is 5.97 Å². The van der Waals surface area contributed by atoms with E-state index in [-0.39, 0.29) is 12.5 Å². The molecule has 0 aromatic carbocycles. The third kappa shape index (κ3) is 2.16. The third-order valence-electron chi connectivity index (χ3n) is 3.95. The van der Waals surface area contributed by atoms with E-state index in [1.807, 2.05) is 0 Å². The number of aliphatic hydroxyl groups excluding tert-OH is 1. The van der Waals surface area contributed by atoms with Crippen LogP contribution in [0.3, 0.4) is 0 Å². The van der Waals surface area contributed by atoms with Crippen molar-refractivity contribution in [1.29, 1.82) is 0 Å². The molecule has 2 rings (SSSR count).